The van der Waals surface area contributed by atoms with E-state index in [2.05, 4.69) is 36.0 Å². The van der Waals surface area contributed by atoms with Gasteiger partial charge in [-0.05, 0) is 27.0 Å². The lowest BCUT2D eigenvalue weighted by Crippen LogP contribution is -2.56. The van der Waals surface area contributed by atoms with Gasteiger partial charge in [-0.3, -0.25) is 14.5 Å². The molecule has 0 saturated carbocycles. The molecule has 0 spiro atoms. The molecular formula is C12H18N4O2. The Bertz CT molecular complexity index is 467. The first kappa shape index (κ1) is 12.8. The highest BCUT2D eigenvalue weighted by Gasteiger charge is 2.30. The number of aromatic amines is 1. The molecule has 1 aliphatic heterocycles. The van der Waals surface area contributed by atoms with Gasteiger partial charge in [0.15, 0.2) is 0 Å². The first-order valence-corrected chi connectivity index (χ1v) is 6.06. The molecule has 6 nitrogen and oxygen atoms in total. The zero-order chi connectivity index (χ0) is 13.3. The van der Waals surface area contributed by atoms with Crippen LogP contribution in [0.15, 0.2) is 16.9 Å². The predicted molar refractivity (Wildman–Crippen MR) is 67.4 cm³/mol. The average Bonchev–Trinajstić information content (AvgIpc) is 2.35. The number of hydrogen-bond donors (Lipinski definition) is 1. The van der Waals surface area contributed by atoms with Crippen LogP contribution in [0.1, 0.15) is 24.3 Å². The summed E-state index contributed by atoms with van der Waals surface area (Å²) in [6.45, 7) is 5.55. The highest BCUT2D eigenvalue weighted by Crippen LogP contribution is 2.14. The maximum Gasteiger partial charge on any atom is 0.274 e. The van der Waals surface area contributed by atoms with Crippen LogP contribution in [0.5, 0.6) is 0 Å². The normalized spacial score (nSPS) is 25.2. The second-order valence-corrected chi connectivity index (χ2v) is 4.88. The number of carbonyl (C=O) groups excluding carboxylic acids is 1. The molecule has 1 aromatic heterocycles. The Balaban J connectivity index is 2.14. The third kappa shape index (κ3) is 2.43. The second-order valence-electron chi connectivity index (χ2n) is 4.88. The summed E-state index contributed by atoms with van der Waals surface area (Å²) in [5.74, 6) is -0.127. The highest BCUT2D eigenvalue weighted by atomic mass is 16.2. The number of H-pyrrole nitrogens is 1. The van der Waals surface area contributed by atoms with Gasteiger partial charge in [0, 0.05) is 31.2 Å². The highest BCUT2D eigenvalue weighted by molar-refractivity contribution is 5.92. The molecule has 0 bridgehead atoms. The molecule has 2 heterocycles. The van der Waals surface area contributed by atoms with Crippen LogP contribution in [-0.4, -0.2) is 58.1 Å². The average molecular weight is 250 g/mol. The zero-order valence-corrected chi connectivity index (χ0v) is 10.9. The van der Waals surface area contributed by atoms with Gasteiger partial charge in [0.25, 0.3) is 11.5 Å². The van der Waals surface area contributed by atoms with E-state index in [-0.39, 0.29) is 11.5 Å². The summed E-state index contributed by atoms with van der Waals surface area (Å²) in [7, 11) is 2.06. The second kappa shape index (κ2) is 4.89. The fourth-order valence-electron chi connectivity index (χ4n) is 2.20. The third-order valence-corrected chi connectivity index (χ3v) is 3.55. The number of nitrogens with zero attached hydrogens (tertiary/aromatic N) is 3. The molecule has 18 heavy (non-hydrogen) atoms. The van der Waals surface area contributed by atoms with E-state index in [1.807, 2.05) is 0 Å². The summed E-state index contributed by atoms with van der Waals surface area (Å²) in [6.07, 6.45) is 0. The first-order chi connectivity index (χ1) is 8.49. The minimum Gasteiger partial charge on any atom is -0.334 e. The number of carbonyl (C=O) groups is 1. The van der Waals surface area contributed by atoms with Gasteiger partial charge in [0.1, 0.15) is 5.69 Å². The van der Waals surface area contributed by atoms with Gasteiger partial charge in [0.2, 0.25) is 0 Å². The Kier molecular flexibility index (Phi) is 3.47. The molecule has 6 heteroatoms. The number of rotatable bonds is 1. The van der Waals surface area contributed by atoms with Crippen molar-refractivity contribution >= 4 is 5.91 Å². The molecule has 1 amide bonds. The largest absolute Gasteiger partial charge is 0.334 e. The Hall–Kier alpha value is -1.69. The molecule has 1 fully saturated rings. The van der Waals surface area contributed by atoms with E-state index in [1.165, 1.54) is 12.1 Å². The molecule has 98 valence electrons. The molecular weight excluding hydrogens is 232 g/mol. The van der Waals surface area contributed by atoms with Crippen molar-refractivity contribution in [3.63, 3.8) is 0 Å². The van der Waals surface area contributed by atoms with Crippen molar-refractivity contribution in [2.24, 2.45) is 0 Å². The van der Waals surface area contributed by atoms with Gasteiger partial charge < -0.3 is 4.90 Å². The van der Waals surface area contributed by atoms with Crippen molar-refractivity contribution in [3.05, 3.63) is 28.2 Å². The van der Waals surface area contributed by atoms with E-state index < -0.39 is 0 Å². The maximum absolute atomic E-state index is 12.2. The molecule has 2 rings (SSSR count). The Labute approximate surface area is 106 Å². The summed E-state index contributed by atoms with van der Waals surface area (Å²) in [6, 6.07) is 3.43. The van der Waals surface area contributed by atoms with Crippen molar-refractivity contribution in [2.75, 3.05) is 20.1 Å². The van der Waals surface area contributed by atoms with Crippen LogP contribution in [0, 0.1) is 0 Å². The monoisotopic (exact) mass is 250 g/mol. The van der Waals surface area contributed by atoms with Gasteiger partial charge in [-0.1, -0.05) is 0 Å². The van der Waals surface area contributed by atoms with E-state index >= 15 is 0 Å². The number of hydrogen-bond acceptors (Lipinski definition) is 4. The quantitative estimate of drug-likeness (QED) is 0.758. The van der Waals surface area contributed by atoms with Crippen LogP contribution in [0.3, 0.4) is 0 Å². The van der Waals surface area contributed by atoms with Crippen LogP contribution in [0.2, 0.25) is 0 Å². The van der Waals surface area contributed by atoms with Crippen molar-refractivity contribution in [3.8, 4) is 0 Å². The van der Waals surface area contributed by atoms with E-state index in [0.717, 1.165) is 0 Å². The van der Waals surface area contributed by atoms with Gasteiger partial charge in [-0.2, -0.15) is 5.10 Å². The lowest BCUT2D eigenvalue weighted by molar-refractivity contribution is 0.0408. The lowest BCUT2D eigenvalue weighted by Gasteiger charge is -2.42. The Morgan fingerprint density at radius 2 is 1.94 bits per heavy atom. The smallest absolute Gasteiger partial charge is 0.274 e. The topological polar surface area (TPSA) is 69.3 Å². The summed E-state index contributed by atoms with van der Waals surface area (Å²) in [5, 5.41) is 6.07. The summed E-state index contributed by atoms with van der Waals surface area (Å²) in [4.78, 5) is 27.2. The SMILES string of the molecule is CC1CN(C(=O)c2ccc(=O)[nH]n2)CC(C)N1C. The van der Waals surface area contributed by atoms with Crippen LogP contribution >= 0.6 is 0 Å². The number of amides is 1. The maximum atomic E-state index is 12.2. The minimum atomic E-state index is -0.299. The molecule has 1 aliphatic rings. The molecule has 0 aliphatic carbocycles. The summed E-state index contributed by atoms with van der Waals surface area (Å²) in [5.41, 5.74) is -0.00906. The molecule has 2 unspecified atom stereocenters. The fraction of sp³-hybridized carbons (Fsp3) is 0.583. The van der Waals surface area contributed by atoms with Crippen molar-refractivity contribution in [2.45, 2.75) is 25.9 Å². The Morgan fingerprint density at radius 1 is 1.33 bits per heavy atom. The van der Waals surface area contributed by atoms with Gasteiger partial charge in [0.05, 0.1) is 0 Å². The standard InChI is InChI=1S/C12H18N4O2/c1-8-6-16(7-9(2)15(8)3)12(18)10-4-5-11(17)14-13-10/h4-5,8-9H,6-7H2,1-3H3,(H,14,17). The first-order valence-electron chi connectivity index (χ1n) is 6.06. The predicted octanol–water partition coefficient (Wildman–Crippen LogP) is -0.0655. The third-order valence-electron chi connectivity index (χ3n) is 3.55. The van der Waals surface area contributed by atoms with E-state index in [9.17, 15) is 9.59 Å². The van der Waals surface area contributed by atoms with Gasteiger partial charge in [-0.25, -0.2) is 5.10 Å². The number of aromatic nitrogens is 2. The fourth-order valence-corrected chi connectivity index (χ4v) is 2.20. The molecule has 2 atom stereocenters. The van der Waals surface area contributed by atoms with E-state index in [1.54, 1.807) is 4.90 Å². The van der Waals surface area contributed by atoms with Crippen molar-refractivity contribution < 1.29 is 4.79 Å². The summed E-state index contributed by atoms with van der Waals surface area (Å²) < 4.78 is 0. The molecule has 1 N–H and O–H groups in total. The molecule has 1 aromatic rings. The Morgan fingerprint density at radius 3 is 2.44 bits per heavy atom. The summed E-state index contributed by atoms with van der Waals surface area (Å²) >= 11 is 0. The van der Waals surface area contributed by atoms with Crippen LogP contribution < -0.4 is 5.56 Å². The number of likely N-dealkylation sites (N-methyl/N-ethyl adjacent to an activating group) is 1. The van der Waals surface area contributed by atoms with Crippen molar-refractivity contribution in [1.29, 1.82) is 0 Å². The van der Waals surface area contributed by atoms with Gasteiger partial charge in [-0.15, -0.1) is 0 Å². The zero-order valence-electron chi connectivity index (χ0n) is 10.9. The number of nitrogens with one attached hydrogen (secondary N) is 1. The molecule has 0 aromatic carbocycles. The molecule has 0 radical (unpaired) electrons. The minimum absolute atomic E-state index is 0.127. The van der Waals surface area contributed by atoms with E-state index in [0.29, 0.717) is 30.9 Å². The van der Waals surface area contributed by atoms with E-state index in [4.69, 9.17) is 0 Å². The van der Waals surface area contributed by atoms with Crippen LogP contribution in [-0.2, 0) is 0 Å². The van der Waals surface area contributed by atoms with Crippen molar-refractivity contribution in [1.82, 2.24) is 20.0 Å². The molecule has 1 saturated heterocycles. The lowest BCUT2D eigenvalue weighted by atomic mass is 10.1. The van der Waals surface area contributed by atoms with Gasteiger partial charge >= 0.3 is 0 Å². The number of piperazine rings is 1. The van der Waals surface area contributed by atoms with Crippen LogP contribution in [0.4, 0.5) is 0 Å². The van der Waals surface area contributed by atoms with Crippen LogP contribution in [0.25, 0.3) is 0 Å².